The molecule has 3 aromatic rings. The van der Waals surface area contributed by atoms with E-state index in [4.69, 9.17) is 9.15 Å². The summed E-state index contributed by atoms with van der Waals surface area (Å²) >= 11 is 0. The summed E-state index contributed by atoms with van der Waals surface area (Å²) in [7, 11) is 0. The van der Waals surface area contributed by atoms with Gasteiger partial charge < -0.3 is 19.5 Å². The Hall–Kier alpha value is -3.02. The Morgan fingerprint density at radius 1 is 1.18 bits per heavy atom. The van der Waals surface area contributed by atoms with E-state index in [1.165, 1.54) is 6.07 Å². The Bertz CT molecular complexity index is 837. The van der Waals surface area contributed by atoms with E-state index in [-0.39, 0.29) is 18.1 Å². The van der Waals surface area contributed by atoms with Gasteiger partial charge in [0.05, 0.1) is 18.3 Å². The fourth-order valence-electron chi connectivity index (χ4n) is 2.06. The van der Waals surface area contributed by atoms with E-state index >= 15 is 0 Å². The molecule has 0 radical (unpaired) electrons. The lowest BCUT2D eigenvalue weighted by molar-refractivity contribution is -0.123. The second kappa shape index (κ2) is 6.17. The van der Waals surface area contributed by atoms with Gasteiger partial charge in [-0.25, -0.2) is 0 Å². The second-order valence-corrected chi connectivity index (χ2v) is 4.69. The van der Waals surface area contributed by atoms with Crippen molar-refractivity contribution >= 4 is 16.8 Å². The van der Waals surface area contributed by atoms with Crippen molar-refractivity contribution in [2.75, 3.05) is 6.61 Å². The summed E-state index contributed by atoms with van der Waals surface area (Å²) in [5.41, 5.74) is 0.361. The lowest BCUT2D eigenvalue weighted by Gasteiger charge is -2.09. The molecule has 0 aliphatic rings. The van der Waals surface area contributed by atoms with Gasteiger partial charge in [0.25, 0.3) is 5.91 Å². The zero-order chi connectivity index (χ0) is 15.4. The quantitative estimate of drug-likeness (QED) is 0.752. The molecule has 0 fully saturated rings. The van der Waals surface area contributed by atoms with E-state index in [9.17, 15) is 9.59 Å². The first-order valence-corrected chi connectivity index (χ1v) is 6.76. The summed E-state index contributed by atoms with van der Waals surface area (Å²) in [5, 5.41) is 3.53. The predicted octanol–water partition coefficient (Wildman–Crippen LogP) is 1.82. The third-order valence-electron chi connectivity index (χ3n) is 3.12. The maximum absolute atomic E-state index is 11.8. The average molecular weight is 298 g/mol. The van der Waals surface area contributed by atoms with Gasteiger partial charge in [-0.3, -0.25) is 9.59 Å². The number of aromatic amines is 1. The van der Waals surface area contributed by atoms with Crippen LogP contribution in [0, 0.1) is 0 Å². The average Bonchev–Trinajstić information content (AvgIpc) is 3.04. The van der Waals surface area contributed by atoms with Crippen LogP contribution in [0.2, 0.25) is 0 Å². The number of fused-ring (bicyclic) bond motifs is 1. The Labute approximate surface area is 125 Å². The summed E-state index contributed by atoms with van der Waals surface area (Å²) in [5.74, 6) is 0.859. The molecule has 6 nitrogen and oxygen atoms in total. The molecule has 22 heavy (non-hydrogen) atoms. The Kier molecular flexibility index (Phi) is 3.91. The molecule has 1 amide bonds. The van der Waals surface area contributed by atoms with Gasteiger partial charge in [0, 0.05) is 11.5 Å². The van der Waals surface area contributed by atoms with Crippen LogP contribution in [0.1, 0.15) is 5.76 Å². The minimum absolute atomic E-state index is 0.142. The van der Waals surface area contributed by atoms with Crippen LogP contribution in [-0.2, 0) is 11.3 Å². The second-order valence-electron chi connectivity index (χ2n) is 4.69. The standard InChI is InChI=1S/C16H14N2O4/c19-14-7-6-11-3-1-5-13(16(11)18-14)22-10-15(20)17-9-12-4-2-8-21-12/h1-8H,9-10H2,(H,17,20)(H,18,19). The van der Waals surface area contributed by atoms with Gasteiger partial charge in [-0.15, -0.1) is 0 Å². The summed E-state index contributed by atoms with van der Waals surface area (Å²) < 4.78 is 10.6. The number of hydrogen-bond donors (Lipinski definition) is 2. The van der Waals surface area contributed by atoms with Gasteiger partial charge in [0.1, 0.15) is 11.5 Å². The number of hydrogen-bond acceptors (Lipinski definition) is 4. The maximum atomic E-state index is 11.8. The van der Waals surface area contributed by atoms with Crippen LogP contribution >= 0.6 is 0 Å². The summed E-state index contributed by atoms with van der Waals surface area (Å²) in [6, 6.07) is 12.0. The van der Waals surface area contributed by atoms with Crippen LogP contribution in [0.25, 0.3) is 10.9 Å². The zero-order valence-corrected chi connectivity index (χ0v) is 11.7. The van der Waals surface area contributed by atoms with E-state index in [0.717, 1.165) is 5.39 Å². The van der Waals surface area contributed by atoms with Crippen LogP contribution in [-0.4, -0.2) is 17.5 Å². The van der Waals surface area contributed by atoms with Crippen molar-refractivity contribution < 1.29 is 13.9 Å². The van der Waals surface area contributed by atoms with Crippen molar-refractivity contribution in [3.63, 3.8) is 0 Å². The summed E-state index contributed by atoms with van der Waals surface area (Å²) in [6.45, 7) is 0.165. The Balaban J connectivity index is 1.65. The maximum Gasteiger partial charge on any atom is 0.258 e. The molecule has 2 aromatic heterocycles. The number of pyridine rings is 1. The van der Waals surface area contributed by atoms with Crippen molar-refractivity contribution in [3.8, 4) is 5.75 Å². The number of H-pyrrole nitrogens is 1. The number of carbonyl (C=O) groups excluding carboxylic acids is 1. The Morgan fingerprint density at radius 2 is 2.09 bits per heavy atom. The van der Waals surface area contributed by atoms with E-state index in [2.05, 4.69) is 10.3 Å². The van der Waals surface area contributed by atoms with E-state index in [1.807, 2.05) is 6.07 Å². The molecule has 0 aliphatic heterocycles. The zero-order valence-electron chi connectivity index (χ0n) is 11.7. The van der Waals surface area contributed by atoms with E-state index in [1.54, 1.807) is 36.6 Å². The summed E-state index contributed by atoms with van der Waals surface area (Å²) in [4.78, 5) is 25.9. The minimum atomic E-state index is -0.272. The number of benzene rings is 1. The van der Waals surface area contributed by atoms with Gasteiger partial charge in [-0.1, -0.05) is 12.1 Å². The van der Waals surface area contributed by atoms with Crippen LogP contribution in [0.4, 0.5) is 0 Å². The highest BCUT2D eigenvalue weighted by Gasteiger charge is 2.07. The van der Waals surface area contributed by atoms with Gasteiger partial charge in [0.2, 0.25) is 5.56 Å². The molecule has 0 saturated heterocycles. The normalized spacial score (nSPS) is 10.5. The highest BCUT2D eigenvalue weighted by atomic mass is 16.5. The number of para-hydroxylation sites is 1. The van der Waals surface area contributed by atoms with Crippen LogP contribution in [0.3, 0.4) is 0 Å². The number of carbonyl (C=O) groups is 1. The first kappa shape index (κ1) is 13.9. The van der Waals surface area contributed by atoms with Gasteiger partial charge in [-0.2, -0.15) is 0 Å². The van der Waals surface area contributed by atoms with Gasteiger partial charge >= 0.3 is 0 Å². The number of furan rings is 1. The number of nitrogens with one attached hydrogen (secondary N) is 2. The molecule has 0 aliphatic carbocycles. The van der Waals surface area contributed by atoms with Crippen molar-refractivity contribution in [2.24, 2.45) is 0 Å². The molecule has 6 heteroatoms. The highest BCUT2D eigenvalue weighted by Crippen LogP contribution is 2.21. The number of ether oxygens (including phenoxy) is 1. The third-order valence-corrected chi connectivity index (χ3v) is 3.12. The van der Waals surface area contributed by atoms with Crippen LogP contribution in [0.5, 0.6) is 5.75 Å². The molecule has 1 aromatic carbocycles. The smallest absolute Gasteiger partial charge is 0.258 e. The largest absolute Gasteiger partial charge is 0.482 e. The van der Waals surface area contributed by atoms with Crippen molar-refractivity contribution in [2.45, 2.75) is 6.54 Å². The molecule has 2 N–H and O–H groups in total. The number of amides is 1. The summed E-state index contributed by atoms with van der Waals surface area (Å²) in [6.07, 6.45) is 1.55. The molecule has 0 atom stereocenters. The first-order valence-electron chi connectivity index (χ1n) is 6.76. The fourth-order valence-corrected chi connectivity index (χ4v) is 2.06. The molecule has 0 spiro atoms. The third kappa shape index (κ3) is 3.17. The van der Waals surface area contributed by atoms with Crippen molar-refractivity contribution in [1.29, 1.82) is 0 Å². The van der Waals surface area contributed by atoms with Crippen LogP contribution in [0.15, 0.2) is 57.9 Å². The fraction of sp³-hybridized carbons (Fsp3) is 0.125. The molecule has 3 rings (SSSR count). The monoisotopic (exact) mass is 298 g/mol. The van der Waals surface area contributed by atoms with Crippen molar-refractivity contribution in [3.05, 3.63) is 64.8 Å². The number of aromatic nitrogens is 1. The molecular formula is C16H14N2O4. The Morgan fingerprint density at radius 3 is 2.91 bits per heavy atom. The molecule has 0 unspecified atom stereocenters. The highest BCUT2D eigenvalue weighted by molar-refractivity contribution is 5.85. The predicted molar refractivity (Wildman–Crippen MR) is 80.6 cm³/mol. The molecule has 0 bridgehead atoms. The topological polar surface area (TPSA) is 84.3 Å². The SMILES string of the molecule is O=C(COc1cccc2ccc(=O)[nH]c12)NCc1ccco1. The lowest BCUT2D eigenvalue weighted by Crippen LogP contribution is -2.28. The molecule has 0 saturated carbocycles. The first-order chi connectivity index (χ1) is 10.7. The van der Waals surface area contributed by atoms with Crippen molar-refractivity contribution in [1.82, 2.24) is 10.3 Å². The van der Waals surface area contributed by atoms with Crippen LogP contribution < -0.4 is 15.6 Å². The molecule has 2 heterocycles. The van der Waals surface area contributed by atoms with Gasteiger partial charge in [-0.05, 0) is 24.3 Å². The molecule has 112 valence electrons. The van der Waals surface area contributed by atoms with Gasteiger partial charge in [0.15, 0.2) is 6.61 Å². The van der Waals surface area contributed by atoms with E-state index < -0.39 is 0 Å². The van der Waals surface area contributed by atoms with E-state index in [0.29, 0.717) is 23.6 Å². The molecular weight excluding hydrogens is 284 g/mol. The number of rotatable bonds is 5. The lowest BCUT2D eigenvalue weighted by atomic mass is 10.2. The minimum Gasteiger partial charge on any atom is -0.482 e.